The molecule has 0 radical (unpaired) electrons. The smallest absolute Gasteiger partial charge is 0.418 e. The molecule has 1 aromatic carbocycles. The molecule has 2 aromatic rings. The van der Waals surface area contributed by atoms with E-state index in [9.17, 15) is 4.79 Å². The van der Waals surface area contributed by atoms with E-state index in [0.29, 0.717) is 16.4 Å². The number of rotatable bonds is 4. The first-order valence-electron chi connectivity index (χ1n) is 7.77. The second kappa shape index (κ2) is 7.27. The summed E-state index contributed by atoms with van der Waals surface area (Å²) in [5, 5.41) is 2.68. The highest BCUT2D eigenvalue weighted by Crippen LogP contribution is 2.24. The molecule has 128 valence electrons. The van der Waals surface area contributed by atoms with E-state index in [1.165, 1.54) is 0 Å². The Morgan fingerprint density at radius 3 is 2.62 bits per heavy atom. The molecule has 0 saturated carbocycles. The number of likely N-dealkylation sites (N-methyl/N-ethyl adjacent to an activating group) is 1. The predicted octanol–water partition coefficient (Wildman–Crippen LogP) is 3.79. The monoisotopic (exact) mass is 393 g/mol. The van der Waals surface area contributed by atoms with Gasteiger partial charge in [-0.3, -0.25) is 5.32 Å². The summed E-state index contributed by atoms with van der Waals surface area (Å²) in [4.78, 5) is 16.4. The van der Waals surface area contributed by atoms with Gasteiger partial charge in [-0.2, -0.15) is 0 Å². The molecule has 1 saturated heterocycles. The fraction of sp³-hybridized carbons (Fsp3) is 0.353. The largest absolute Gasteiger partial charge is 0.419 e. The van der Waals surface area contributed by atoms with E-state index in [4.69, 9.17) is 9.15 Å². The lowest BCUT2D eigenvalue weighted by atomic mass is 10.2. The van der Waals surface area contributed by atoms with Gasteiger partial charge < -0.3 is 19.0 Å². The van der Waals surface area contributed by atoms with Gasteiger partial charge in [0, 0.05) is 36.6 Å². The SMILES string of the molecule is CN(C)C1CCN(c2ccc(NC(=O)Oc3ccc(Br)o3)cc2)C1. The maximum atomic E-state index is 11.8. The normalized spacial score (nSPS) is 17.3. The van der Waals surface area contributed by atoms with Crippen molar-refractivity contribution in [3.05, 3.63) is 41.1 Å². The molecule has 0 aliphatic carbocycles. The Morgan fingerprint density at radius 1 is 1.29 bits per heavy atom. The van der Waals surface area contributed by atoms with Crippen LogP contribution in [0.1, 0.15) is 6.42 Å². The van der Waals surface area contributed by atoms with E-state index in [2.05, 4.69) is 45.1 Å². The maximum absolute atomic E-state index is 11.8. The van der Waals surface area contributed by atoms with E-state index in [1.54, 1.807) is 12.1 Å². The number of hydrogen-bond acceptors (Lipinski definition) is 5. The fourth-order valence-corrected chi connectivity index (χ4v) is 3.03. The summed E-state index contributed by atoms with van der Waals surface area (Å²) in [6.45, 7) is 2.07. The number of furan rings is 1. The molecule has 6 nitrogen and oxygen atoms in total. The van der Waals surface area contributed by atoms with E-state index < -0.39 is 6.09 Å². The van der Waals surface area contributed by atoms with Gasteiger partial charge >= 0.3 is 6.09 Å². The number of halogens is 1. The molecule has 1 amide bonds. The number of nitrogens with one attached hydrogen (secondary N) is 1. The van der Waals surface area contributed by atoms with Crippen LogP contribution in [0.15, 0.2) is 45.5 Å². The van der Waals surface area contributed by atoms with Crippen LogP contribution in [-0.2, 0) is 0 Å². The third kappa shape index (κ3) is 4.10. The topological polar surface area (TPSA) is 58.0 Å². The van der Waals surface area contributed by atoms with Crippen molar-refractivity contribution in [2.24, 2.45) is 0 Å². The second-order valence-electron chi connectivity index (χ2n) is 5.97. The van der Waals surface area contributed by atoms with Gasteiger partial charge in [0.15, 0.2) is 4.67 Å². The zero-order chi connectivity index (χ0) is 17.1. The Morgan fingerprint density at radius 2 is 2.04 bits per heavy atom. The number of nitrogens with zero attached hydrogens (tertiary/aromatic N) is 2. The third-order valence-electron chi connectivity index (χ3n) is 4.11. The van der Waals surface area contributed by atoms with Crippen LogP contribution in [0.5, 0.6) is 5.95 Å². The lowest BCUT2D eigenvalue weighted by molar-refractivity contribution is 0.201. The van der Waals surface area contributed by atoms with Crippen molar-refractivity contribution in [1.29, 1.82) is 0 Å². The standard InChI is InChI=1S/C17H20BrN3O3/c1-20(2)14-9-10-21(11-14)13-5-3-12(4-6-13)19-17(22)24-16-8-7-15(18)23-16/h3-8,14H,9-11H2,1-2H3,(H,19,22). The second-order valence-corrected chi connectivity index (χ2v) is 6.75. The number of anilines is 2. The summed E-state index contributed by atoms with van der Waals surface area (Å²) in [6.07, 6.45) is 0.580. The van der Waals surface area contributed by atoms with Crippen LogP contribution in [0.3, 0.4) is 0 Å². The molecule has 3 rings (SSSR count). The zero-order valence-corrected chi connectivity index (χ0v) is 15.2. The molecule has 0 spiro atoms. The first kappa shape index (κ1) is 16.9. The molecular weight excluding hydrogens is 374 g/mol. The van der Waals surface area contributed by atoms with Gasteiger partial charge in [0.25, 0.3) is 5.95 Å². The van der Waals surface area contributed by atoms with Crippen LogP contribution in [0.4, 0.5) is 16.2 Å². The van der Waals surface area contributed by atoms with Crippen molar-refractivity contribution in [3.63, 3.8) is 0 Å². The molecule has 2 heterocycles. The molecule has 1 aliphatic heterocycles. The van der Waals surface area contributed by atoms with Gasteiger partial charge in [-0.15, -0.1) is 0 Å². The van der Waals surface area contributed by atoms with Crippen LogP contribution in [0.25, 0.3) is 0 Å². The Balaban J connectivity index is 1.55. The number of benzene rings is 1. The van der Waals surface area contributed by atoms with Crippen LogP contribution in [0, 0.1) is 0 Å². The van der Waals surface area contributed by atoms with Gasteiger partial charge in [0.05, 0.1) is 0 Å². The quantitative estimate of drug-likeness (QED) is 0.855. The van der Waals surface area contributed by atoms with Crippen molar-refractivity contribution in [3.8, 4) is 5.95 Å². The van der Waals surface area contributed by atoms with Gasteiger partial charge in [-0.25, -0.2) is 4.79 Å². The lowest BCUT2D eigenvalue weighted by Crippen LogP contribution is -2.31. The van der Waals surface area contributed by atoms with E-state index in [1.807, 2.05) is 24.3 Å². The van der Waals surface area contributed by atoms with Crippen LogP contribution >= 0.6 is 15.9 Å². The van der Waals surface area contributed by atoms with Crippen molar-refractivity contribution in [2.75, 3.05) is 37.4 Å². The number of carbonyl (C=O) groups is 1. The summed E-state index contributed by atoms with van der Waals surface area (Å²) in [5.41, 5.74) is 1.84. The molecule has 1 N–H and O–H groups in total. The van der Waals surface area contributed by atoms with Gasteiger partial charge in [-0.05, 0) is 66.8 Å². The number of carbonyl (C=O) groups excluding carboxylic acids is 1. The Kier molecular flexibility index (Phi) is 5.11. The van der Waals surface area contributed by atoms with Crippen molar-refractivity contribution < 1.29 is 13.9 Å². The van der Waals surface area contributed by atoms with Gasteiger partial charge in [0.1, 0.15) is 0 Å². The minimum absolute atomic E-state index is 0.141. The highest BCUT2D eigenvalue weighted by molar-refractivity contribution is 9.10. The van der Waals surface area contributed by atoms with E-state index in [-0.39, 0.29) is 5.95 Å². The lowest BCUT2D eigenvalue weighted by Gasteiger charge is -2.22. The summed E-state index contributed by atoms with van der Waals surface area (Å²) < 4.78 is 10.7. The Labute approximate surface area is 149 Å². The third-order valence-corrected chi connectivity index (χ3v) is 4.54. The van der Waals surface area contributed by atoms with Gasteiger partial charge in [0.2, 0.25) is 0 Å². The Bertz CT molecular complexity index is 699. The highest BCUT2D eigenvalue weighted by atomic mass is 79.9. The molecule has 1 atom stereocenters. The highest BCUT2D eigenvalue weighted by Gasteiger charge is 2.23. The summed E-state index contributed by atoms with van der Waals surface area (Å²) in [6, 6.07) is 11.6. The van der Waals surface area contributed by atoms with Gasteiger partial charge in [-0.1, -0.05) is 0 Å². The van der Waals surface area contributed by atoms with Crippen molar-refractivity contribution in [2.45, 2.75) is 12.5 Å². The molecule has 1 fully saturated rings. The molecule has 1 unspecified atom stereocenters. The van der Waals surface area contributed by atoms with E-state index >= 15 is 0 Å². The van der Waals surface area contributed by atoms with Crippen LogP contribution in [0.2, 0.25) is 0 Å². The maximum Gasteiger partial charge on any atom is 0.419 e. The van der Waals surface area contributed by atoms with Crippen molar-refractivity contribution in [1.82, 2.24) is 4.90 Å². The molecule has 1 aromatic heterocycles. The van der Waals surface area contributed by atoms with E-state index in [0.717, 1.165) is 25.2 Å². The molecule has 1 aliphatic rings. The van der Waals surface area contributed by atoms with Crippen LogP contribution < -0.4 is 15.0 Å². The Hall–Kier alpha value is -1.99. The number of ether oxygens (including phenoxy) is 1. The molecular formula is C17H20BrN3O3. The predicted molar refractivity (Wildman–Crippen MR) is 96.8 cm³/mol. The summed E-state index contributed by atoms with van der Waals surface area (Å²) in [5.74, 6) is 0.141. The first-order chi connectivity index (χ1) is 11.5. The molecule has 0 bridgehead atoms. The minimum atomic E-state index is -0.585. The summed E-state index contributed by atoms with van der Waals surface area (Å²) >= 11 is 3.16. The minimum Gasteiger partial charge on any atom is -0.418 e. The number of hydrogen-bond donors (Lipinski definition) is 1. The average Bonchev–Trinajstić information content (AvgIpc) is 3.17. The van der Waals surface area contributed by atoms with Crippen LogP contribution in [-0.4, -0.2) is 44.2 Å². The average molecular weight is 394 g/mol. The first-order valence-corrected chi connectivity index (χ1v) is 8.56. The fourth-order valence-electron chi connectivity index (χ4n) is 2.74. The summed E-state index contributed by atoms with van der Waals surface area (Å²) in [7, 11) is 4.23. The van der Waals surface area contributed by atoms with Crippen molar-refractivity contribution >= 4 is 33.4 Å². The molecule has 7 heteroatoms. The molecule has 24 heavy (non-hydrogen) atoms. The zero-order valence-electron chi connectivity index (χ0n) is 13.7. The number of amides is 1.